The Hall–Kier alpha value is -2.80. The van der Waals surface area contributed by atoms with E-state index in [1.165, 1.54) is 11.8 Å². The average Bonchev–Trinajstić information content (AvgIpc) is 2.95. The molecule has 24 heavy (non-hydrogen) atoms. The lowest BCUT2D eigenvalue weighted by atomic mass is 10.2. The lowest BCUT2D eigenvalue weighted by Gasteiger charge is -2.07. The largest absolute Gasteiger partial charge is 0.497 e. The summed E-state index contributed by atoms with van der Waals surface area (Å²) in [4.78, 5) is 21.1. The minimum atomic E-state index is -0.178. The number of thioether (sulfide) groups is 1. The second kappa shape index (κ2) is 7.18. The zero-order chi connectivity index (χ0) is 16.9. The van der Waals surface area contributed by atoms with Gasteiger partial charge in [-0.1, -0.05) is 0 Å². The normalized spacial score (nSPS) is 17.2. The van der Waals surface area contributed by atoms with Crippen molar-refractivity contribution in [2.45, 2.75) is 0 Å². The maximum absolute atomic E-state index is 12.1. The van der Waals surface area contributed by atoms with Crippen molar-refractivity contribution >= 4 is 34.6 Å². The van der Waals surface area contributed by atoms with E-state index in [0.717, 1.165) is 5.56 Å². The number of aliphatic imine (C=N–C) groups is 1. The van der Waals surface area contributed by atoms with Gasteiger partial charge in [0.1, 0.15) is 17.2 Å². The number of amidine groups is 1. The molecule has 0 bridgehead atoms. The number of hydrogen-bond donors (Lipinski definition) is 1. The van der Waals surface area contributed by atoms with Crippen molar-refractivity contribution in [3.05, 3.63) is 53.2 Å². The summed E-state index contributed by atoms with van der Waals surface area (Å²) in [6.07, 6.45) is 5.16. The Bertz CT molecular complexity index is 819. The fourth-order valence-corrected chi connectivity index (χ4v) is 2.91. The molecule has 0 radical (unpaired) electrons. The Morgan fingerprint density at radius 2 is 1.96 bits per heavy atom. The second-order valence-corrected chi connectivity index (χ2v) is 5.83. The summed E-state index contributed by atoms with van der Waals surface area (Å²) in [5.74, 6) is 1.07. The highest BCUT2D eigenvalue weighted by molar-refractivity contribution is 8.18. The van der Waals surface area contributed by atoms with Gasteiger partial charge >= 0.3 is 0 Å². The number of rotatable bonds is 4. The van der Waals surface area contributed by atoms with Crippen molar-refractivity contribution in [1.29, 1.82) is 0 Å². The number of nitrogens with zero attached hydrogens (tertiary/aromatic N) is 2. The lowest BCUT2D eigenvalue weighted by molar-refractivity contribution is -0.115. The molecule has 1 aromatic heterocycles. The number of carbonyl (C=O) groups excluding carboxylic acids is 1. The summed E-state index contributed by atoms with van der Waals surface area (Å²) in [5.41, 5.74) is 1.53. The molecule has 122 valence electrons. The Morgan fingerprint density at radius 1 is 1.17 bits per heavy atom. The first-order chi connectivity index (χ1) is 11.7. The maximum atomic E-state index is 12.1. The van der Waals surface area contributed by atoms with Crippen molar-refractivity contribution in [3.8, 4) is 11.5 Å². The van der Waals surface area contributed by atoms with Gasteiger partial charge in [0.2, 0.25) is 0 Å². The number of carbonyl (C=O) groups is 1. The van der Waals surface area contributed by atoms with Crippen LogP contribution in [0.25, 0.3) is 6.08 Å². The maximum Gasteiger partial charge on any atom is 0.264 e. The number of pyridine rings is 1. The molecular weight excluding hydrogens is 326 g/mol. The molecule has 0 unspecified atom stereocenters. The smallest absolute Gasteiger partial charge is 0.264 e. The molecule has 2 heterocycles. The van der Waals surface area contributed by atoms with Gasteiger partial charge in [0.15, 0.2) is 5.17 Å². The lowest BCUT2D eigenvalue weighted by Crippen LogP contribution is -2.19. The first-order valence-corrected chi connectivity index (χ1v) is 7.93. The van der Waals surface area contributed by atoms with Crippen LogP contribution in [0.2, 0.25) is 0 Å². The molecule has 0 aliphatic carbocycles. The highest BCUT2D eigenvalue weighted by Gasteiger charge is 2.24. The first kappa shape index (κ1) is 16.1. The van der Waals surface area contributed by atoms with Gasteiger partial charge in [0.25, 0.3) is 5.91 Å². The van der Waals surface area contributed by atoms with E-state index >= 15 is 0 Å². The third-order valence-corrected chi connectivity index (χ3v) is 4.17. The number of ether oxygens (including phenoxy) is 2. The fourth-order valence-electron chi connectivity index (χ4n) is 2.08. The van der Waals surface area contributed by atoms with Gasteiger partial charge in [-0.05, 0) is 47.7 Å². The van der Waals surface area contributed by atoms with Crippen molar-refractivity contribution in [3.63, 3.8) is 0 Å². The summed E-state index contributed by atoms with van der Waals surface area (Å²) in [6, 6.07) is 8.98. The highest BCUT2D eigenvalue weighted by atomic mass is 32.2. The Labute approximate surface area is 143 Å². The summed E-state index contributed by atoms with van der Waals surface area (Å²) < 4.78 is 10.5. The standard InChI is InChI=1S/C17H15N3O3S/c1-22-12-3-4-13(14(10-12)23-2)19-17-20-16(21)15(24-17)9-11-5-7-18-8-6-11/h3-10H,1-2H3,(H,19,20,21)/b15-9-. The molecule has 0 saturated carbocycles. The number of methoxy groups -OCH3 is 2. The number of amides is 1. The predicted molar refractivity (Wildman–Crippen MR) is 94.6 cm³/mol. The quantitative estimate of drug-likeness (QED) is 0.866. The van der Waals surface area contributed by atoms with Crippen LogP contribution in [0, 0.1) is 0 Å². The van der Waals surface area contributed by atoms with E-state index < -0.39 is 0 Å². The molecule has 0 atom stereocenters. The van der Waals surface area contributed by atoms with E-state index in [0.29, 0.717) is 27.3 Å². The van der Waals surface area contributed by atoms with E-state index in [1.54, 1.807) is 50.9 Å². The number of hydrogen-bond acceptors (Lipinski definition) is 6. The summed E-state index contributed by atoms with van der Waals surface area (Å²) in [5, 5.41) is 3.26. The van der Waals surface area contributed by atoms with Crippen molar-refractivity contribution in [2.24, 2.45) is 4.99 Å². The number of aromatic nitrogens is 1. The van der Waals surface area contributed by atoms with Gasteiger partial charge < -0.3 is 14.8 Å². The van der Waals surface area contributed by atoms with Gasteiger partial charge in [0.05, 0.1) is 19.1 Å². The molecule has 2 aromatic rings. The molecule has 6 nitrogen and oxygen atoms in total. The molecule has 0 spiro atoms. The molecular formula is C17H15N3O3S. The molecule has 1 fully saturated rings. The van der Waals surface area contributed by atoms with Crippen LogP contribution in [-0.4, -0.2) is 30.3 Å². The molecule has 1 amide bonds. The van der Waals surface area contributed by atoms with Crippen LogP contribution < -0.4 is 14.8 Å². The van der Waals surface area contributed by atoms with E-state index in [-0.39, 0.29) is 5.91 Å². The first-order valence-electron chi connectivity index (χ1n) is 7.11. The topological polar surface area (TPSA) is 72.8 Å². The number of benzene rings is 1. The van der Waals surface area contributed by atoms with Gasteiger partial charge in [-0.2, -0.15) is 0 Å². The summed E-state index contributed by atoms with van der Waals surface area (Å²) >= 11 is 1.28. The molecule has 1 aliphatic heterocycles. The zero-order valence-electron chi connectivity index (χ0n) is 13.1. The second-order valence-electron chi connectivity index (χ2n) is 4.80. The Morgan fingerprint density at radius 3 is 2.67 bits per heavy atom. The van der Waals surface area contributed by atoms with Crippen LogP contribution in [0.4, 0.5) is 5.69 Å². The van der Waals surface area contributed by atoms with Gasteiger partial charge in [-0.15, -0.1) is 0 Å². The van der Waals surface area contributed by atoms with E-state index in [4.69, 9.17) is 9.47 Å². The van der Waals surface area contributed by atoms with Gasteiger partial charge in [0, 0.05) is 18.5 Å². The van der Waals surface area contributed by atoms with E-state index in [1.807, 2.05) is 12.1 Å². The van der Waals surface area contributed by atoms with E-state index in [9.17, 15) is 4.79 Å². The molecule has 1 N–H and O–H groups in total. The van der Waals surface area contributed by atoms with Crippen LogP contribution >= 0.6 is 11.8 Å². The molecule has 3 rings (SSSR count). The SMILES string of the molecule is COc1ccc(N=C2NC(=O)/C(=C/c3ccncc3)S2)c(OC)c1. The van der Waals surface area contributed by atoms with Crippen molar-refractivity contribution in [2.75, 3.05) is 14.2 Å². The highest BCUT2D eigenvalue weighted by Crippen LogP contribution is 2.34. The minimum Gasteiger partial charge on any atom is -0.497 e. The Balaban J connectivity index is 1.86. The van der Waals surface area contributed by atoms with Gasteiger partial charge in [-0.3, -0.25) is 9.78 Å². The number of nitrogens with one attached hydrogen (secondary N) is 1. The molecule has 7 heteroatoms. The van der Waals surface area contributed by atoms with Gasteiger partial charge in [-0.25, -0.2) is 4.99 Å². The van der Waals surface area contributed by atoms with Crippen molar-refractivity contribution in [1.82, 2.24) is 10.3 Å². The fraction of sp³-hybridized carbons (Fsp3) is 0.118. The van der Waals surface area contributed by atoms with E-state index in [2.05, 4.69) is 15.3 Å². The van der Waals surface area contributed by atoms with Crippen LogP contribution in [0.3, 0.4) is 0 Å². The third kappa shape index (κ3) is 3.57. The summed E-state index contributed by atoms with van der Waals surface area (Å²) in [7, 11) is 3.15. The Kier molecular flexibility index (Phi) is 4.81. The average molecular weight is 341 g/mol. The van der Waals surface area contributed by atoms with Crippen LogP contribution in [-0.2, 0) is 4.79 Å². The summed E-state index contributed by atoms with van der Waals surface area (Å²) in [6.45, 7) is 0. The minimum absolute atomic E-state index is 0.178. The zero-order valence-corrected chi connectivity index (χ0v) is 14.0. The molecule has 1 aromatic carbocycles. The van der Waals surface area contributed by atoms with Crippen LogP contribution in [0.1, 0.15) is 5.56 Å². The molecule has 1 aliphatic rings. The predicted octanol–water partition coefficient (Wildman–Crippen LogP) is 2.99. The monoisotopic (exact) mass is 341 g/mol. The van der Waals surface area contributed by atoms with Crippen LogP contribution in [0.5, 0.6) is 11.5 Å². The van der Waals surface area contributed by atoms with Crippen molar-refractivity contribution < 1.29 is 14.3 Å². The molecule has 1 saturated heterocycles. The van der Waals surface area contributed by atoms with Crippen LogP contribution in [0.15, 0.2) is 52.6 Å². The third-order valence-electron chi connectivity index (χ3n) is 3.26.